The van der Waals surface area contributed by atoms with Crippen LogP contribution in [0.4, 0.5) is 16.2 Å². The van der Waals surface area contributed by atoms with Gasteiger partial charge in [-0.25, -0.2) is 9.69 Å². The number of anilines is 1. The lowest BCUT2D eigenvalue weighted by atomic mass is 10.1. The van der Waals surface area contributed by atoms with Crippen molar-refractivity contribution in [2.45, 2.75) is 13.5 Å². The van der Waals surface area contributed by atoms with Crippen molar-refractivity contribution in [1.82, 2.24) is 5.32 Å². The summed E-state index contributed by atoms with van der Waals surface area (Å²) in [5, 5.41) is 13.0. The third-order valence-corrected chi connectivity index (χ3v) is 6.65. The molecule has 3 aromatic rings. The number of carbonyl (C=O) groups is 3. The van der Waals surface area contributed by atoms with E-state index in [2.05, 4.69) is 43.8 Å². The minimum atomic E-state index is -0.809. The Balaban J connectivity index is 1.57. The molecule has 182 valence electrons. The zero-order chi connectivity index (χ0) is 26.0. The Morgan fingerprint density at radius 3 is 2.36 bits per heavy atom. The van der Waals surface area contributed by atoms with Crippen LogP contribution in [-0.4, -0.2) is 22.8 Å². The highest BCUT2D eigenvalue weighted by Crippen LogP contribution is 2.34. The number of aryl methyl sites for hydroxylation is 1. The summed E-state index contributed by atoms with van der Waals surface area (Å²) in [6, 6.07) is 15.5. The normalized spacial score (nSPS) is 14.7. The van der Waals surface area contributed by atoms with Crippen molar-refractivity contribution in [2.75, 3.05) is 4.90 Å². The van der Waals surface area contributed by atoms with Crippen LogP contribution in [0, 0.1) is 20.6 Å². The van der Waals surface area contributed by atoms with E-state index in [0.29, 0.717) is 25.0 Å². The highest BCUT2D eigenvalue weighted by atomic mass is 127. The van der Waals surface area contributed by atoms with Gasteiger partial charge in [-0.2, -0.15) is 0 Å². The molecular formula is C25H17BrIN3O6. The van der Waals surface area contributed by atoms with Crippen molar-refractivity contribution in [3.63, 3.8) is 0 Å². The molecule has 1 aliphatic rings. The molecule has 4 rings (SSSR count). The lowest BCUT2D eigenvalue weighted by molar-refractivity contribution is -0.384. The van der Waals surface area contributed by atoms with Gasteiger partial charge in [0, 0.05) is 12.1 Å². The second kappa shape index (κ2) is 10.6. The van der Waals surface area contributed by atoms with Crippen LogP contribution in [0.5, 0.6) is 5.75 Å². The van der Waals surface area contributed by atoms with Crippen LogP contribution in [0.1, 0.15) is 16.7 Å². The standard InChI is InChI=1S/C25H17BrIN3O6/c1-14-2-6-17(7-3-14)29-24(32)19(23(31)28-25(29)33)10-16-11-20(26)22(21(27)12-16)36-13-15-4-8-18(9-5-15)30(34)35/h2-12H,13H2,1H3,(H,28,31,33)/b19-10+. The Morgan fingerprint density at radius 2 is 1.75 bits per heavy atom. The first-order chi connectivity index (χ1) is 17.1. The molecule has 0 atom stereocenters. The maximum Gasteiger partial charge on any atom is 0.335 e. The minimum absolute atomic E-state index is 0.00385. The van der Waals surface area contributed by atoms with E-state index in [1.165, 1.54) is 18.2 Å². The number of nitro benzene ring substituents is 1. The van der Waals surface area contributed by atoms with Crippen LogP contribution in [-0.2, 0) is 16.2 Å². The van der Waals surface area contributed by atoms with E-state index in [4.69, 9.17) is 4.74 Å². The van der Waals surface area contributed by atoms with Gasteiger partial charge in [-0.1, -0.05) is 17.7 Å². The summed E-state index contributed by atoms with van der Waals surface area (Å²) < 4.78 is 7.18. The number of nitrogens with zero attached hydrogens (tertiary/aromatic N) is 2. The quantitative estimate of drug-likeness (QED) is 0.122. The fourth-order valence-electron chi connectivity index (χ4n) is 3.42. The van der Waals surface area contributed by atoms with Crippen LogP contribution in [0.15, 0.2) is 70.7 Å². The average molecular weight is 662 g/mol. The average Bonchev–Trinajstić information content (AvgIpc) is 2.82. The van der Waals surface area contributed by atoms with Crippen molar-refractivity contribution in [2.24, 2.45) is 0 Å². The first-order valence-corrected chi connectivity index (χ1v) is 12.3. The van der Waals surface area contributed by atoms with Crippen molar-refractivity contribution in [3.8, 4) is 5.75 Å². The molecule has 36 heavy (non-hydrogen) atoms. The van der Waals surface area contributed by atoms with E-state index in [1.54, 1.807) is 48.5 Å². The van der Waals surface area contributed by atoms with Gasteiger partial charge in [0.05, 0.1) is 18.7 Å². The highest BCUT2D eigenvalue weighted by Gasteiger charge is 2.36. The SMILES string of the molecule is Cc1ccc(N2C(=O)NC(=O)/C(=C\c3cc(Br)c(OCc4ccc([N+](=O)[O-])cc4)c(I)c3)C2=O)cc1. The lowest BCUT2D eigenvalue weighted by Crippen LogP contribution is -2.54. The molecular weight excluding hydrogens is 645 g/mol. The topological polar surface area (TPSA) is 119 Å². The number of ether oxygens (including phenoxy) is 1. The van der Waals surface area contributed by atoms with E-state index in [0.717, 1.165) is 16.0 Å². The van der Waals surface area contributed by atoms with Crippen LogP contribution < -0.4 is 15.0 Å². The Labute approximate surface area is 227 Å². The number of carbonyl (C=O) groups excluding carboxylic acids is 3. The van der Waals surface area contributed by atoms with Gasteiger partial charge in [-0.05, 0) is 99.0 Å². The first-order valence-electron chi connectivity index (χ1n) is 10.5. The van der Waals surface area contributed by atoms with Gasteiger partial charge in [-0.3, -0.25) is 25.0 Å². The number of hydrogen-bond acceptors (Lipinski definition) is 6. The highest BCUT2D eigenvalue weighted by molar-refractivity contribution is 14.1. The molecule has 4 amide bonds. The van der Waals surface area contributed by atoms with Crippen LogP contribution in [0.2, 0.25) is 0 Å². The number of amides is 4. The number of barbiturate groups is 1. The van der Waals surface area contributed by atoms with Gasteiger partial charge >= 0.3 is 6.03 Å². The number of rotatable bonds is 6. The third-order valence-electron chi connectivity index (χ3n) is 5.26. The molecule has 0 unspecified atom stereocenters. The zero-order valence-corrected chi connectivity index (χ0v) is 22.4. The van der Waals surface area contributed by atoms with Crippen LogP contribution >= 0.6 is 38.5 Å². The fraction of sp³-hybridized carbons (Fsp3) is 0.0800. The zero-order valence-electron chi connectivity index (χ0n) is 18.7. The van der Waals surface area contributed by atoms with Gasteiger partial charge in [-0.15, -0.1) is 0 Å². The van der Waals surface area contributed by atoms with E-state index in [-0.39, 0.29) is 17.9 Å². The summed E-state index contributed by atoms with van der Waals surface area (Å²) in [6.45, 7) is 2.07. The largest absolute Gasteiger partial charge is 0.487 e. The van der Waals surface area contributed by atoms with Gasteiger partial charge in [0.15, 0.2) is 0 Å². The van der Waals surface area contributed by atoms with Gasteiger partial charge in [0.1, 0.15) is 17.9 Å². The molecule has 0 aliphatic carbocycles. The molecule has 1 saturated heterocycles. The first kappa shape index (κ1) is 25.5. The summed E-state index contributed by atoms with van der Waals surface area (Å²) >= 11 is 5.53. The summed E-state index contributed by atoms with van der Waals surface area (Å²) in [5.41, 5.74) is 2.43. The molecule has 0 bridgehead atoms. The molecule has 9 nitrogen and oxygen atoms in total. The molecule has 1 aliphatic heterocycles. The van der Waals surface area contributed by atoms with Crippen molar-refractivity contribution in [1.29, 1.82) is 0 Å². The predicted octanol–water partition coefficient (Wildman–Crippen LogP) is 5.52. The van der Waals surface area contributed by atoms with E-state index < -0.39 is 22.8 Å². The smallest absolute Gasteiger partial charge is 0.335 e. The summed E-state index contributed by atoms with van der Waals surface area (Å²) in [7, 11) is 0. The number of imide groups is 2. The van der Waals surface area contributed by atoms with Gasteiger partial charge in [0.2, 0.25) is 0 Å². The Kier molecular flexibility index (Phi) is 7.50. The number of nitrogens with one attached hydrogen (secondary N) is 1. The monoisotopic (exact) mass is 661 g/mol. The summed E-state index contributed by atoms with van der Waals surface area (Å²) in [6.07, 6.45) is 1.42. The van der Waals surface area contributed by atoms with Gasteiger partial charge < -0.3 is 4.74 Å². The predicted molar refractivity (Wildman–Crippen MR) is 144 cm³/mol. The van der Waals surface area contributed by atoms with E-state index >= 15 is 0 Å². The molecule has 0 saturated carbocycles. The maximum absolute atomic E-state index is 13.1. The van der Waals surface area contributed by atoms with Gasteiger partial charge in [0.25, 0.3) is 17.5 Å². The number of non-ortho nitro benzene ring substituents is 1. The number of urea groups is 1. The molecule has 1 heterocycles. The number of halogens is 2. The van der Waals surface area contributed by atoms with E-state index in [1.807, 2.05) is 6.92 Å². The third kappa shape index (κ3) is 5.46. The number of hydrogen-bond donors (Lipinski definition) is 1. The van der Waals surface area contributed by atoms with E-state index in [9.17, 15) is 24.5 Å². The summed E-state index contributed by atoms with van der Waals surface area (Å²) in [4.78, 5) is 49.2. The molecule has 0 aromatic heterocycles. The van der Waals surface area contributed by atoms with Crippen LogP contribution in [0.25, 0.3) is 6.08 Å². The molecule has 3 aromatic carbocycles. The fourth-order valence-corrected chi connectivity index (χ4v) is 5.19. The van der Waals surface area contributed by atoms with Crippen molar-refractivity contribution in [3.05, 3.63) is 101 Å². The Morgan fingerprint density at radius 1 is 1.08 bits per heavy atom. The molecule has 0 spiro atoms. The Hall–Kier alpha value is -3.58. The molecule has 1 N–H and O–H groups in total. The van der Waals surface area contributed by atoms with Crippen molar-refractivity contribution < 1.29 is 24.0 Å². The lowest BCUT2D eigenvalue weighted by Gasteiger charge is -2.26. The molecule has 11 heteroatoms. The second-order valence-electron chi connectivity index (χ2n) is 7.82. The minimum Gasteiger partial charge on any atom is -0.487 e. The number of nitro groups is 1. The summed E-state index contributed by atoms with van der Waals surface area (Å²) in [5.74, 6) is -0.970. The molecule has 1 fully saturated rings. The Bertz CT molecular complexity index is 1400. The second-order valence-corrected chi connectivity index (χ2v) is 9.84. The molecule has 0 radical (unpaired) electrons. The maximum atomic E-state index is 13.1. The van der Waals surface area contributed by atoms with Crippen molar-refractivity contribution >= 4 is 73.8 Å². The number of benzene rings is 3. The van der Waals surface area contributed by atoms with Crippen LogP contribution in [0.3, 0.4) is 0 Å².